The number of carbonyl (C=O) groups excluding carboxylic acids is 1. The molecule has 7 heteroatoms. The van der Waals surface area contributed by atoms with Crippen LogP contribution in [0.4, 0.5) is 5.13 Å². The second kappa shape index (κ2) is 13.1. The summed E-state index contributed by atoms with van der Waals surface area (Å²) >= 11 is 1.49. The van der Waals surface area contributed by atoms with E-state index < -0.39 is 11.9 Å². The average Bonchev–Trinajstić information content (AvgIpc) is 3.57. The molecule has 2 fully saturated rings. The largest absolute Gasteiger partial charge is 0.481 e. The van der Waals surface area contributed by atoms with Gasteiger partial charge in [0.05, 0.1) is 18.6 Å². The maximum Gasteiger partial charge on any atom is 0.309 e. The predicted molar refractivity (Wildman–Crippen MR) is 175 cm³/mol. The fraction of sp³-hybridized carbons (Fsp3) is 0.541. The standard InChI is InChI=1S/C37H46N2O4S/c1-4-31(43-22-24-10-6-5-7-11-24)33(35(41)42)30-20-26(15-17-32(40)39-36-38-21-23(2)44-36)34-29-16-14-25-12-8-9-13-27(25)28(29)18-19-37(30,34)3/h5-13,21,26,28-31,33-34H,4,14-20,22H2,1-3H3,(H,41,42)(H,38,39,40)/t26-,28?,29?,30+,31?,33?,34?,37+/m1/s1. The Balaban J connectivity index is 1.28. The van der Waals surface area contributed by atoms with Crippen molar-refractivity contribution in [3.63, 3.8) is 0 Å². The zero-order valence-corrected chi connectivity index (χ0v) is 27.0. The molecule has 6 rings (SSSR count). The van der Waals surface area contributed by atoms with Gasteiger partial charge in [0.15, 0.2) is 5.13 Å². The van der Waals surface area contributed by atoms with Crippen LogP contribution in [-0.4, -0.2) is 28.1 Å². The van der Waals surface area contributed by atoms with Crippen LogP contribution in [0.15, 0.2) is 60.8 Å². The first kappa shape index (κ1) is 31.0. The van der Waals surface area contributed by atoms with Gasteiger partial charge in [-0.2, -0.15) is 0 Å². The summed E-state index contributed by atoms with van der Waals surface area (Å²) in [6, 6.07) is 19.0. The van der Waals surface area contributed by atoms with Crippen LogP contribution < -0.4 is 5.32 Å². The first-order valence-electron chi connectivity index (χ1n) is 16.5. The Morgan fingerprint density at radius 1 is 1.14 bits per heavy atom. The molecule has 2 saturated carbocycles. The van der Waals surface area contributed by atoms with Crippen LogP contribution in [0.2, 0.25) is 0 Å². The van der Waals surface area contributed by atoms with Crippen LogP contribution in [0, 0.1) is 41.9 Å². The summed E-state index contributed by atoms with van der Waals surface area (Å²) in [5.41, 5.74) is 3.92. The van der Waals surface area contributed by atoms with Gasteiger partial charge in [-0.05, 0) is 104 Å². The van der Waals surface area contributed by atoms with Crippen molar-refractivity contribution < 1.29 is 19.4 Å². The molecule has 234 valence electrons. The number of carbonyl (C=O) groups is 2. The number of benzene rings is 2. The van der Waals surface area contributed by atoms with Crippen molar-refractivity contribution in [3.8, 4) is 0 Å². The van der Waals surface area contributed by atoms with E-state index in [0.29, 0.717) is 48.3 Å². The molecule has 0 spiro atoms. The summed E-state index contributed by atoms with van der Waals surface area (Å²) in [6.07, 6.45) is 8.41. The number of aryl methyl sites for hydroxylation is 2. The van der Waals surface area contributed by atoms with E-state index in [0.717, 1.165) is 49.0 Å². The molecule has 3 aromatic rings. The highest BCUT2D eigenvalue weighted by molar-refractivity contribution is 7.15. The Morgan fingerprint density at radius 2 is 1.91 bits per heavy atom. The molecule has 3 aliphatic rings. The predicted octanol–water partition coefficient (Wildman–Crippen LogP) is 8.27. The second-order valence-corrected chi connectivity index (χ2v) is 14.9. The van der Waals surface area contributed by atoms with Crippen LogP contribution in [0.25, 0.3) is 0 Å². The number of carboxylic acid groups (broad SMARTS) is 1. The number of hydrogen-bond donors (Lipinski definition) is 2. The SMILES string of the molecule is CCC(OCc1ccccc1)C(C(=O)O)[C@@H]1C[C@@H](CCC(=O)Nc2ncc(C)s2)C2C3CCc4ccccc4C3CC[C@]21C. The number of anilines is 1. The normalized spacial score (nSPS) is 28.8. The number of hydrogen-bond acceptors (Lipinski definition) is 5. The van der Waals surface area contributed by atoms with E-state index in [2.05, 4.69) is 48.4 Å². The number of aromatic nitrogens is 1. The van der Waals surface area contributed by atoms with Crippen LogP contribution in [-0.2, 0) is 27.4 Å². The van der Waals surface area contributed by atoms with E-state index in [-0.39, 0.29) is 23.3 Å². The Morgan fingerprint density at radius 3 is 2.64 bits per heavy atom. The molecule has 8 atom stereocenters. The number of nitrogens with zero attached hydrogens (tertiary/aromatic N) is 1. The number of rotatable bonds is 11. The summed E-state index contributed by atoms with van der Waals surface area (Å²) in [4.78, 5) is 31.7. The van der Waals surface area contributed by atoms with Crippen LogP contribution in [0.3, 0.4) is 0 Å². The molecule has 5 unspecified atom stereocenters. The van der Waals surface area contributed by atoms with Gasteiger partial charge in [-0.15, -0.1) is 11.3 Å². The van der Waals surface area contributed by atoms with Gasteiger partial charge in [-0.1, -0.05) is 68.4 Å². The topological polar surface area (TPSA) is 88.5 Å². The van der Waals surface area contributed by atoms with Gasteiger partial charge in [0, 0.05) is 17.5 Å². The Hall–Kier alpha value is -3.03. The molecular weight excluding hydrogens is 568 g/mol. The lowest BCUT2D eigenvalue weighted by atomic mass is 9.51. The molecule has 0 bridgehead atoms. The Bertz CT molecular complexity index is 1460. The van der Waals surface area contributed by atoms with E-state index in [1.807, 2.05) is 37.3 Å². The fourth-order valence-corrected chi connectivity index (χ4v) is 10.2. The van der Waals surface area contributed by atoms with Crippen molar-refractivity contribution in [2.75, 3.05) is 5.32 Å². The maximum absolute atomic E-state index is 13.2. The Labute approximate surface area is 265 Å². The van der Waals surface area contributed by atoms with Gasteiger partial charge in [-0.25, -0.2) is 4.98 Å². The minimum atomic E-state index is -0.747. The number of ether oxygens (including phenoxy) is 1. The third-order valence-corrected chi connectivity index (χ3v) is 12.1. The van der Waals surface area contributed by atoms with Gasteiger partial charge in [0.25, 0.3) is 0 Å². The summed E-state index contributed by atoms with van der Waals surface area (Å²) in [5.74, 6) is 0.346. The van der Waals surface area contributed by atoms with Crippen LogP contribution >= 0.6 is 11.3 Å². The molecule has 2 N–H and O–H groups in total. The zero-order valence-electron chi connectivity index (χ0n) is 26.2. The molecular formula is C37H46N2O4S. The van der Waals surface area contributed by atoms with Crippen molar-refractivity contribution in [1.82, 2.24) is 4.98 Å². The molecule has 0 aliphatic heterocycles. The van der Waals surface area contributed by atoms with Crippen molar-refractivity contribution in [2.24, 2.45) is 35.0 Å². The molecule has 2 aromatic carbocycles. The first-order chi connectivity index (χ1) is 21.3. The van der Waals surface area contributed by atoms with Gasteiger partial charge in [-0.3, -0.25) is 9.59 Å². The highest BCUT2D eigenvalue weighted by Crippen LogP contribution is 2.67. The van der Waals surface area contributed by atoms with E-state index in [4.69, 9.17) is 4.74 Å². The zero-order chi connectivity index (χ0) is 30.8. The van der Waals surface area contributed by atoms with E-state index >= 15 is 0 Å². The summed E-state index contributed by atoms with van der Waals surface area (Å²) < 4.78 is 6.44. The monoisotopic (exact) mass is 614 g/mol. The minimum absolute atomic E-state index is 0.00137. The molecule has 6 nitrogen and oxygen atoms in total. The van der Waals surface area contributed by atoms with Crippen molar-refractivity contribution in [3.05, 3.63) is 82.4 Å². The lowest BCUT2D eigenvalue weighted by Crippen LogP contribution is -2.48. The molecule has 1 aromatic heterocycles. The van der Waals surface area contributed by atoms with Gasteiger partial charge < -0.3 is 15.2 Å². The van der Waals surface area contributed by atoms with Gasteiger partial charge in [0.2, 0.25) is 5.91 Å². The molecule has 1 heterocycles. The minimum Gasteiger partial charge on any atom is -0.481 e. The van der Waals surface area contributed by atoms with E-state index in [1.54, 1.807) is 6.20 Å². The molecule has 0 radical (unpaired) electrons. The highest BCUT2D eigenvalue weighted by Gasteiger charge is 2.61. The third kappa shape index (κ3) is 6.10. The van der Waals surface area contributed by atoms with Crippen LogP contribution in [0.5, 0.6) is 0 Å². The summed E-state index contributed by atoms with van der Waals surface area (Å²) in [5, 5.41) is 14.5. The quantitative estimate of drug-likeness (QED) is 0.227. The van der Waals surface area contributed by atoms with Gasteiger partial charge >= 0.3 is 5.97 Å². The summed E-state index contributed by atoms with van der Waals surface area (Å²) in [7, 11) is 0. The van der Waals surface area contributed by atoms with Crippen LogP contribution in [0.1, 0.15) is 86.3 Å². The van der Waals surface area contributed by atoms with Crippen molar-refractivity contribution in [1.29, 1.82) is 0 Å². The number of thiazole rings is 1. The average molecular weight is 615 g/mol. The molecule has 3 aliphatic carbocycles. The number of carboxylic acids is 1. The lowest BCUT2D eigenvalue weighted by Gasteiger charge is -2.53. The summed E-state index contributed by atoms with van der Waals surface area (Å²) in [6.45, 7) is 6.84. The smallest absolute Gasteiger partial charge is 0.309 e. The molecule has 0 saturated heterocycles. The Kier molecular flexibility index (Phi) is 9.25. The maximum atomic E-state index is 13.2. The molecule has 1 amide bonds. The van der Waals surface area contributed by atoms with Crippen molar-refractivity contribution in [2.45, 2.75) is 90.8 Å². The highest BCUT2D eigenvalue weighted by atomic mass is 32.1. The number of fused-ring (bicyclic) bond motifs is 5. The second-order valence-electron chi connectivity index (χ2n) is 13.7. The lowest BCUT2D eigenvalue weighted by molar-refractivity contribution is -0.156. The number of nitrogens with one attached hydrogen (secondary N) is 1. The van der Waals surface area contributed by atoms with E-state index in [1.165, 1.54) is 22.5 Å². The number of amides is 1. The van der Waals surface area contributed by atoms with Crippen molar-refractivity contribution >= 4 is 28.3 Å². The van der Waals surface area contributed by atoms with E-state index in [9.17, 15) is 14.7 Å². The van der Waals surface area contributed by atoms with Gasteiger partial charge in [0.1, 0.15) is 0 Å². The fourth-order valence-electron chi connectivity index (χ4n) is 9.47. The third-order valence-electron chi connectivity index (χ3n) is 11.3. The molecule has 44 heavy (non-hydrogen) atoms. The number of aliphatic carboxylic acids is 1. The first-order valence-corrected chi connectivity index (χ1v) is 17.3.